The van der Waals surface area contributed by atoms with E-state index in [1.54, 1.807) is 10.9 Å². The number of nitrogens with one attached hydrogen (secondary N) is 2. The molecule has 6 aromatic rings. The normalized spacial score (nSPS) is 11.7. The van der Waals surface area contributed by atoms with Gasteiger partial charge in [-0.2, -0.15) is 10.2 Å². The molecule has 0 spiro atoms. The quantitative estimate of drug-likeness (QED) is 0.316. The van der Waals surface area contributed by atoms with Gasteiger partial charge < -0.3 is 14.6 Å². The van der Waals surface area contributed by atoms with Gasteiger partial charge in [-0.1, -0.05) is 12.1 Å². The minimum Gasteiger partial charge on any atom is -0.492 e. The molecule has 0 fully saturated rings. The van der Waals surface area contributed by atoms with Crippen LogP contribution in [0.3, 0.4) is 0 Å². The zero-order valence-electron chi connectivity index (χ0n) is 20.8. The molecular weight excluding hydrogens is 469 g/mol. The van der Waals surface area contributed by atoms with Crippen molar-refractivity contribution in [2.75, 3.05) is 27.2 Å². The van der Waals surface area contributed by atoms with E-state index < -0.39 is 0 Å². The standard InChI is InChI=1S/C28H26FN7O/c1-35(2)7-8-37-21-10-17(9-20(29)12-21)22-5-4-6-25-23(22)13-26(32-25)27-24-11-18(14-30-28(24)34-33-27)19-15-31-36(3)16-19/h4-6,9-16,32H,7-8H2,1-3H3,(H,30,33,34). The number of hydrogen-bond acceptors (Lipinski definition) is 5. The number of halogens is 1. The molecule has 37 heavy (non-hydrogen) atoms. The number of rotatable bonds is 7. The van der Waals surface area contributed by atoms with E-state index in [1.807, 2.05) is 62.7 Å². The topological polar surface area (TPSA) is 87.7 Å². The van der Waals surface area contributed by atoms with Crippen molar-refractivity contribution in [3.63, 3.8) is 0 Å². The first-order chi connectivity index (χ1) is 17.9. The van der Waals surface area contributed by atoms with Gasteiger partial charge in [-0.05, 0) is 55.6 Å². The van der Waals surface area contributed by atoms with E-state index in [9.17, 15) is 4.39 Å². The average Bonchev–Trinajstić information content (AvgIpc) is 3.60. The minimum absolute atomic E-state index is 0.335. The first-order valence-electron chi connectivity index (χ1n) is 12.0. The lowest BCUT2D eigenvalue weighted by molar-refractivity contribution is 0.260. The van der Waals surface area contributed by atoms with Crippen LogP contribution in [0.5, 0.6) is 5.75 Å². The summed E-state index contributed by atoms with van der Waals surface area (Å²) in [6.45, 7) is 1.23. The number of pyridine rings is 1. The summed E-state index contributed by atoms with van der Waals surface area (Å²) in [4.78, 5) is 10.1. The summed E-state index contributed by atoms with van der Waals surface area (Å²) in [5.41, 5.74) is 6.88. The van der Waals surface area contributed by atoms with Gasteiger partial charge in [0, 0.05) is 59.5 Å². The number of aryl methyl sites for hydroxylation is 1. The Kier molecular flexibility index (Phi) is 5.69. The van der Waals surface area contributed by atoms with Gasteiger partial charge in [-0.15, -0.1) is 0 Å². The molecule has 0 radical (unpaired) electrons. The average molecular weight is 496 g/mol. The fourth-order valence-electron chi connectivity index (χ4n) is 4.52. The molecule has 9 heteroatoms. The Bertz CT molecular complexity index is 1730. The van der Waals surface area contributed by atoms with E-state index in [4.69, 9.17) is 4.74 Å². The molecule has 8 nitrogen and oxygen atoms in total. The number of fused-ring (bicyclic) bond motifs is 2. The van der Waals surface area contributed by atoms with Crippen LogP contribution < -0.4 is 4.74 Å². The Labute approximate surface area is 212 Å². The predicted molar refractivity (Wildman–Crippen MR) is 143 cm³/mol. The third-order valence-electron chi connectivity index (χ3n) is 6.37. The lowest BCUT2D eigenvalue weighted by Crippen LogP contribution is -2.19. The molecule has 4 aromatic heterocycles. The van der Waals surface area contributed by atoms with Crippen LogP contribution >= 0.6 is 0 Å². The highest BCUT2D eigenvalue weighted by molar-refractivity contribution is 6.01. The minimum atomic E-state index is -0.335. The summed E-state index contributed by atoms with van der Waals surface area (Å²) in [5, 5.41) is 13.7. The second kappa shape index (κ2) is 9.18. The smallest absolute Gasteiger partial charge is 0.181 e. The van der Waals surface area contributed by atoms with Crippen molar-refractivity contribution in [2.24, 2.45) is 7.05 Å². The molecule has 0 saturated heterocycles. The molecule has 2 aromatic carbocycles. The maximum absolute atomic E-state index is 14.6. The van der Waals surface area contributed by atoms with Crippen LogP contribution in [-0.4, -0.2) is 62.1 Å². The first-order valence-corrected chi connectivity index (χ1v) is 12.0. The monoisotopic (exact) mass is 495 g/mol. The Morgan fingerprint density at radius 3 is 2.70 bits per heavy atom. The largest absolute Gasteiger partial charge is 0.492 e. The second-order valence-electron chi connectivity index (χ2n) is 9.37. The first kappa shape index (κ1) is 22.9. The van der Waals surface area contributed by atoms with Crippen molar-refractivity contribution < 1.29 is 9.13 Å². The van der Waals surface area contributed by atoms with E-state index in [1.165, 1.54) is 12.1 Å². The zero-order valence-corrected chi connectivity index (χ0v) is 20.8. The molecule has 2 N–H and O–H groups in total. The van der Waals surface area contributed by atoms with Gasteiger partial charge in [-0.25, -0.2) is 9.37 Å². The molecule has 0 atom stereocenters. The summed E-state index contributed by atoms with van der Waals surface area (Å²) in [7, 11) is 5.84. The molecule has 0 amide bonds. The SMILES string of the molecule is CN(C)CCOc1cc(F)cc(-c2cccc3[nH]c(-c4[nH]nc5ncc(-c6cnn(C)c6)cc45)cc23)c1. The summed E-state index contributed by atoms with van der Waals surface area (Å²) in [5.74, 6) is 0.178. The molecule has 0 aliphatic carbocycles. The lowest BCUT2D eigenvalue weighted by atomic mass is 10.0. The van der Waals surface area contributed by atoms with Crippen LogP contribution in [0.15, 0.2) is 67.1 Å². The third-order valence-corrected chi connectivity index (χ3v) is 6.37. The number of aromatic amines is 2. The maximum Gasteiger partial charge on any atom is 0.181 e. The molecule has 0 unspecified atom stereocenters. The van der Waals surface area contributed by atoms with Crippen LogP contribution in [0, 0.1) is 5.82 Å². The Hall–Kier alpha value is -4.50. The van der Waals surface area contributed by atoms with Gasteiger partial charge in [0.05, 0.1) is 17.6 Å². The van der Waals surface area contributed by atoms with Crippen molar-refractivity contribution >= 4 is 21.9 Å². The van der Waals surface area contributed by atoms with Crippen LogP contribution in [0.25, 0.3) is 55.6 Å². The van der Waals surface area contributed by atoms with Gasteiger partial charge in [0.2, 0.25) is 0 Å². The van der Waals surface area contributed by atoms with Crippen molar-refractivity contribution in [3.05, 3.63) is 72.9 Å². The van der Waals surface area contributed by atoms with E-state index in [0.717, 1.165) is 56.5 Å². The molecule has 0 bridgehead atoms. The lowest BCUT2D eigenvalue weighted by Gasteiger charge is -2.12. The number of ether oxygens (including phenoxy) is 1. The van der Waals surface area contributed by atoms with E-state index in [0.29, 0.717) is 18.0 Å². The van der Waals surface area contributed by atoms with Crippen molar-refractivity contribution in [3.8, 4) is 39.4 Å². The van der Waals surface area contributed by atoms with Crippen LogP contribution in [-0.2, 0) is 7.05 Å². The summed E-state index contributed by atoms with van der Waals surface area (Å²) < 4.78 is 22.1. The van der Waals surface area contributed by atoms with Gasteiger partial charge in [0.25, 0.3) is 0 Å². The molecule has 0 saturated carbocycles. The van der Waals surface area contributed by atoms with E-state index in [2.05, 4.69) is 37.4 Å². The Morgan fingerprint density at radius 2 is 1.89 bits per heavy atom. The predicted octanol–water partition coefficient (Wildman–Crippen LogP) is 5.25. The van der Waals surface area contributed by atoms with Gasteiger partial charge in [0.15, 0.2) is 5.65 Å². The van der Waals surface area contributed by atoms with Crippen LogP contribution in [0.2, 0.25) is 0 Å². The fourth-order valence-corrected chi connectivity index (χ4v) is 4.52. The van der Waals surface area contributed by atoms with Crippen LogP contribution in [0.4, 0.5) is 4.39 Å². The molecule has 0 aliphatic heterocycles. The fraction of sp³-hybridized carbons (Fsp3) is 0.179. The molecular formula is C28H26FN7O. The van der Waals surface area contributed by atoms with Crippen molar-refractivity contribution in [2.45, 2.75) is 0 Å². The maximum atomic E-state index is 14.6. The third kappa shape index (κ3) is 4.45. The number of nitrogens with zero attached hydrogens (tertiary/aromatic N) is 5. The molecule has 6 rings (SSSR count). The molecule has 0 aliphatic rings. The van der Waals surface area contributed by atoms with Crippen LogP contribution in [0.1, 0.15) is 0 Å². The van der Waals surface area contributed by atoms with Gasteiger partial charge in [-0.3, -0.25) is 9.78 Å². The molecule has 186 valence electrons. The van der Waals surface area contributed by atoms with Gasteiger partial charge >= 0.3 is 0 Å². The summed E-state index contributed by atoms with van der Waals surface area (Å²) in [6.07, 6.45) is 5.57. The Morgan fingerprint density at radius 1 is 1.00 bits per heavy atom. The second-order valence-corrected chi connectivity index (χ2v) is 9.37. The highest BCUT2D eigenvalue weighted by Crippen LogP contribution is 2.36. The molecule has 4 heterocycles. The van der Waals surface area contributed by atoms with Crippen molar-refractivity contribution in [1.29, 1.82) is 0 Å². The highest BCUT2D eigenvalue weighted by Gasteiger charge is 2.16. The zero-order chi connectivity index (χ0) is 25.5. The number of hydrogen-bond donors (Lipinski definition) is 2. The van der Waals surface area contributed by atoms with E-state index in [-0.39, 0.29) is 5.82 Å². The number of H-pyrrole nitrogens is 2. The van der Waals surface area contributed by atoms with E-state index >= 15 is 0 Å². The highest BCUT2D eigenvalue weighted by atomic mass is 19.1. The summed E-state index contributed by atoms with van der Waals surface area (Å²) >= 11 is 0. The number of aromatic nitrogens is 6. The number of benzene rings is 2. The Balaban J connectivity index is 1.40. The number of likely N-dealkylation sites (N-methyl/N-ethyl adjacent to an activating group) is 1. The summed E-state index contributed by atoms with van der Waals surface area (Å²) in [6, 6.07) is 14.9. The van der Waals surface area contributed by atoms with Crippen molar-refractivity contribution in [1.82, 2.24) is 34.8 Å². The van der Waals surface area contributed by atoms with Gasteiger partial charge in [0.1, 0.15) is 18.2 Å².